The quantitative estimate of drug-likeness (QED) is 0.248. The topological polar surface area (TPSA) is 64.1 Å². The van der Waals surface area contributed by atoms with Gasteiger partial charge in [0.15, 0.2) is 5.96 Å². The molecule has 0 bridgehead atoms. The van der Waals surface area contributed by atoms with E-state index in [1.807, 2.05) is 13.0 Å². The number of aryl methyl sites for hydroxylation is 1. The summed E-state index contributed by atoms with van der Waals surface area (Å²) < 4.78 is 15.6. The molecule has 1 aromatic carbocycles. The van der Waals surface area contributed by atoms with Crippen LogP contribution in [0.2, 0.25) is 0 Å². The molecule has 2 N–H and O–H groups in total. The first-order valence-corrected chi connectivity index (χ1v) is 7.86. The van der Waals surface area contributed by atoms with Crippen LogP contribution in [0, 0.1) is 6.92 Å². The molecule has 1 aromatic rings. The van der Waals surface area contributed by atoms with E-state index in [1.54, 1.807) is 21.3 Å². The number of guanidine groups is 1. The highest BCUT2D eigenvalue weighted by atomic mass is 127. The normalized spacial score (nSPS) is 10.9. The number of halogens is 1. The molecule has 0 atom stereocenters. The lowest BCUT2D eigenvalue weighted by molar-refractivity contribution is 0.0698. The number of nitrogens with one attached hydrogen (secondary N) is 2. The molecule has 0 aromatic heterocycles. The van der Waals surface area contributed by atoms with Gasteiger partial charge in [0.25, 0.3) is 0 Å². The first kappa shape index (κ1) is 22.9. The fourth-order valence-corrected chi connectivity index (χ4v) is 2.08. The molecule has 0 saturated carbocycles. The van der Waals surface area contributed by atoms with Crippen LogP contribution in [0.5, 0.6) is 5.75 Å². The predicted octanol–water partition coefficient (Wildman–Crippen LogP) is 2.34. The molecule has 0 amide bonds. The van der Waals surface area contributed by atoms with Crippen LogP contribution in [0.25, 0.3) is 0 Å². The first-order chi connectivity index (χ1) is 11.2. The van der Waals surface area contributed by atoms with Crippen molar-refractivity contribution >= 4 is 29.9 Å². The minimum absolute atomic E-state index is 0. The average molecular weight is 451 g/mol. The number of hydrogen-bond acceptors (Lipinski definition) is 4. The Morgan fingerprint density at radius 1 is 1.12 bits per heavy atom. The van der Waals surface area contributed by atoms with Crippen molar-refractivity contribution in [3.05, 3.63) is 29.3 Å². The molecular formula is C17H30IN3O3. The number of ether oxygens (including phenoxy) is 3. The summed E-state index contributed by atoms with van der Waals surface area (Å²) in [7, 11) is 5.12. The lowest BCUT2D eigenvalue weighted by Crippen LogP contribution is -2.37. The zero-order chi connectivity index (χ0) is 16.9. The van der Waals surface area contributed by atoms with Gasteiger partial charge >= 0.3 is 0 Å². The van der Waals surface area contributed by atoms with Crippen LogP contribution in [0.4, 0.5) is 0 Å². The van der Waals surface area contributed by atoms with Crippen LogP contribution in [-0.4, -0.2) is 53.6 Å². The second kappa shape index (κ2) is 14.3. The second-order valence-electron chi connectivity index (χ2n) is 5.12. The van der Waals surface area contributed by atoms with Gasteiger partial charge in [-0.3, -0.25) is 4.99 Å². The van der Waals surface area contributed by atoms with Gasteiger partial charge < -0.3 is 24.8 Å². The largest absolute Gasteiger partial charge is 0.496 e. The molecule has 0 aliphatic rings. The fraction of sp³-hybridized carbons (Fsp3) is 0.588. The number of rotatable bonds is 10. The number of hydrogen-bond donors (Lipinski definition) is 2. The Morgan fingerprint density at radius 3 is 2.54 bits per heavy atom. The summed E-state index contributed by atoms with van der Waals surface area (Å²) in [6.07, 6.45) is 0.923. The van der Waals surface area contributed by atoms with Crippen molar-refractivity contribution in [1.82, 2.24) is 10.6 Å². The van der Waals surface area contributed by atoms with E-state index >= 15 is 0 Å². The maximum atomic E-state index is 5.42. The van der Waals surface area contributed by atoms with Crippen LogP contribution in [0.15, 0.2) is 23.2 Å². The van der Waals surface area contributed by atoms with Crippen molar-refractivity contribution in [3.8, 4) is 5.75 Å². The fourth-order valence-electron chi connectivity index (χ4n) is 2.08. The van der Waals surface area contributed by atoms with Gasteiger partial charge in [-0.05, 0) is 30.5 Å². The van der Waals surface area contributed by atoms with Crippen LogP contribution in [-0.2, 0) is 16.0 Å². The number of aliphatic imine (C=N–C) groups is 1. The third kappa shape index (κ3) is 9.29. The van der Waals surface area contributed by atoms with E-state index < -0.39 is 0 Å². The summed E-state index contributed by atoms with van der Waals surface area (Å²) >= 11 is 0. The van der Waals surface area contributed by atoms with Gasteiger partial charge in [-0.1, -0.05) is 12.1 Å². The summed E-state index contributed by atoms with van der Waals surface area (Å²) in [4.78, 5) is 4.22. The molecule has 0 spiro atoms. The number of methoxy groups -OCH3 is 2. The van der Waals surface area contributed by atoms with Crippen molar-refractivity contribution in [1.29, 1.82) is 0 Å². The predicted molar refractivity (Wildman–Crippen MR) is 109 cm³/mol. The first-order valence-electron chi connectivity index (χ1n) is 7.86. The van der Waals surface area contributed by atoms with Crippen LogP contribution >= 0.6 is 24.0 Å². The maximum Gasteiger partial charge on any atom is 0.191 e. The molecule has 7 heteroatoms. The summed E-state index contributed by atoms with van der Waals surface area (Å²) in [5.74, 6) is 1.69. The molecule has 6 nitrogen and oxygen atoms in total. The minimum Gasteiger partial charge on any atom is -0.496 e. The van der Waals surface area contributed by atoms with Crippen molar-refractivity contribution < 1.29 is 14.2 Å². The Labute approximate surface area is 162 Å². The van der Waals surface area contributed by atoms with Crippen LogP contribution in [0.1, 0.15) is 17.5 Å². The smallest absolute Gasteiger partial charge is 0.191 e. The molecule has 0 heterocycles. The molecule has 0 aliphatic carbocycles. The molecule has 0 saturated heterocycles. The van der Waals surface area contributed by atoms with E-state index in [0.717, 1.165) is 36.8 Å². The monoisotopic (exact) mass is 451 g/mol. The van der Waals surface area contributed by atoms with Gasteiger partial charge in [-0.15, -0.1) is 24.0 Å². The highest BCUT2D eigenvalue weighted by Crippen LogP contribution is 2.18. The molecular weight excluding hydrogens is 421 g/mol. The molecule has 0 aliphatic heterocycles. The van der Waals surface area contributed by atoms with E-state index in [-0.39, 0.29) is 24.0 Å². The Balaban J connectivity index is 0.00000529. The molecule has 0 fully saturated rings. The van der Waals surface area contributed by atoms with E-state index in [0.29, 0.717) is 19.8 Å². The maximum absolute atomic E-state index is 5.42. The van der Waals surface area contributed by atoms with Gasteiger partial charge in [0.2, 0.25) is 0 Å². The summed E-state index contributed by atoms with van der Waals surface area (Å²) in [6, 6.07) is 6.15. The lowest BCUT2D eigenvalue weighted by Gasteiger charge is -2.13. The van der Waals surface area contributed by atoms with Crippen molar-refractivity contribution in [2.75, 3.05) is 47.6 Å². The average Bonchev–Trinajstić information content (AvgIpc) is 2.57. The van der Waals surface area contributed by atoms with Crippen LogP contribution in [0.3, 0.4) is 0 Å². The molecule has 24 heavy (non-hydrogen) atoms. The van der Waals surface area contributed by atoms with Crippen molar-refractivity contribution in [2.24, 2.45) is 4.99 Å². The van der Waals surface area contributed by atoms with Gasteiger partial charge in [0.1, 0.15) is 5.75 Å². The van der Waals surface area contributed by atoms with Gasteiger partial charge in [0, 0.05) is 33.9 Å². The standard InChI is InChI=1S/C17H29N3O3.HI/c1-14-12-15(6-7-16(14)22-4)13-20-17(18-2)19-8-5-9-23-11-10-21-3;/h6-7,12H,5,8-11,13H2,1-4H3,(H2,18,19,20);1H. The lowest BCUT2D eigenvalue weighted by atomic mass is 10.1. The zero-order valence-electron chi connectivity index (χ0n) is 15.1. The van der Waals surface area contributed by atoms with Gasteiger partial charge in [-0.2, -0.15) is 0 Å². The molecule has 138 valence electrons. The van der Waals surface area contributed by atoms with Gasteiger partial charge in [0.05, 0.1) is 20.3 Å². The Morgan fingerprint density at radius 2 is 1.92 bits per heavy atom. The summed E-state index contributed by atoms with van der Waals surface area (Å²) in [5.41, 5.74) is 2.32. The van der Waals surface area contributed by atoms with Crippen molar-refractivity contribution in [2.45, 2.75) is 19.9 Å². The summed E-state index contributed by atoms with van der Waals surface area (Å²) in [6.45, 7) is 5.56. The number of benzene rings is 1. The highest BCUT2D eigenvalue weighted by Gasteiger charge is 2.02. The zero-order valence-corrected chi connectivity index (χ0v) is 17.4. The number of nitrogens with zero attached hydrogens (tertiary/aromatic N) is 1. The minimum atomic E-state index is 0. The third-order valence-electron chi connectivity index (χ3n) is 3.33. The van der Waals surface area contributed by atoms with Gasteiger partial charge in [-0.25, -0.2) is 0 Å². The van der Waals surface area contributed by atoms with E-state index in [1.165, 1.54) is 5.56 Å². The van der Waals surface area contributed by atoms with Crippen molar-refractivity contribution in [3.63, 3.8) is 0 Å². The molecule has 0 unspecified atom stereocenters. The molecule has 0 radical (unpaired) electrons. The highest BCUT2D eigenvalue weighted by molar-refractivity contribution is 14.0. The third-order valence-corrected chi connectivity index (χ3v) is 3.33. The second-order valence-corrected chi connectivity index (χ2v) is 5.12. The Bertz CT molecular complexity index is 484. The summed E-state index contributed by atoms with van der Waals surface area (Å²) in [5, 5.41) is 6.57. The van der Waals surface area contributed by atoms with E-state index in [4.69, 9.17) is 14.2 Å². The molecule has 1 rings (SSSR count). The Kier molecular flexibility index (Phi) is 13.7. The van der Waals surface area contributed by atoms with E-state index in [9.17, 15) is 0 Å². The van der Waals surface area contributed by atoms with Crippen LogP contribution < -0.4 is 15.4 Å². The SMILES string of the molecule is CN=C(NCCCOCCOC)NCc1ccc(OC)c(C)c1.I. The van der Waals surface area contributed by atoms with E-state index in [2.05, 4.69) is 27.8 Å². The Hall–Kier alpha value is -1.06.